The van der Waals surface area contributed by atoms with Crippen LogP contribution in [0.1, 0.15) is 19.8 Å². The molecule has 2 rings (SSSR count). The van der Waals surface area contributed by atoms with Gasteiger partial charge in [-0.25, -0.2) is 4.98 Å². The van der Waals surface area contributed by atoms with E-state index < -0.39 is 5.60 Å². The van der Waals surface area contributed by atoms with Crippen LogP contribution in [0, 0.1) is 0 Å². The van der Waals surface area contributed by atoms with E-state index in [1.807, 2.05) is 19.1 Å². The van der Waals surface area contributed by atoms with Gasteiger partial charge >= 0.3 is 0 Å². The monoisotopic (exact) mass is 207 g/mol. The number of nitrogen functional groups attached to an aromatic ring is 1. The average Bonchev–Trinajstić information content (AvgIpc) is 2.17. The van der Waals surface area contributed by atoms with E-state index in [1.54, 1.807) is 6.20 Å². The number of piperidine rings is 1. The van der Waals surface area contributed by atoms with Gasteiger partial charge in [-0.2, -0.15) is 0 Å². The number of aliphatic hydroxyl groups is 1. The lowest BCUT2D eigenvalue weighted by Gasteiger charge is -2.37. The Bertz CT molecular complexity index is 334. The maximum absolute atomic E-state index is 9.97. The standard InChI is InChI=1S/C11H17N3O/c1-11(15)5-2-6-14(8-11)10-4-3-9(12)7-13-10/h3-4,7,15H,2,5-6,8,12H2,1H3. The fourth-order valence-corrected chi connectivity index (χ4v) is 2.00. The van der Waals surface area contributed by atoms with E-state index >= 15 is 0 Å². The number of β-amino-alcohol motifs (C(OH)–C–C–N with tert-alkyl or cyclic N) is 1. The smallest absolute Gasteiger partial charge is 0.128 e. The van der Waals surface area contributed by atoms with Crippen LogP contribution in [-0.2, 0) is 0 Å². The van der Waals surface area contributed by atoms with Gasteiger partial charge in [0, 0.05) is 13.1 Å². The highest BCUT2D eigenvalue weighted by Crippen LogP contribution is 2.24. The van der Waals surface area contributed by atoms with E-state index in [-0.39, 0.29) is 0 Å². The van der Waals surface area contributed by atoms with Crippen molar-refractivity contribution in [2.45, 2.75) is 25.4 Å². The Kier molecular flexibility index (Phi) is 2.52. The molecule has 1 aromatic heterocycles. The zero-order valence-corrected chi connectivity index (χ0v) is 8.98. The highest BCUT2D eigenvalue weighted by Gasteiger charge is 2.28. The van der Waals surface area contributed by atoms with Crippen molar-refractivity contribution in [3.63, 3.8) is 0 Å². The molecule has 0 spiro atoms. The summed E-state index contributed by atoms with van der Waals surface area (Å²) in [5.74, 6) is 0.893. The van der Waals surface area contributed by atoms with Crippen molar-refractivity contribution in [3.8, 4) is 0 Å². The molecule has 1 aliphatic rings. The Morgan fingerprint density at radius 3 is 2.93 bits per heavy atom. The van der Waals surface area contributed by atoms with Gasteiger partial charge in [0.2, 0.25) is 0 Å². The van der Waals surface area contributed by atoms with Gasteiger partial charge in [0.1, 0.15) is 5.82 Å². The zero-order valence-electron chi connectivity index (χ0n) is 8.98. The van der Waals surface area contributed by atoms with Crippen LogP contribution in [-0.4, -0.2) is 28.8 Å². The lowest BCUT2D eigenvalue weighted by molar-refractivity contribution is 0.0447. The quantitative estimate of drug-likeness (QED) is 0.721. The van der Waals surface area contributed by atoms with Gasteiger partial charge in [-0.1, -0.05) is 0 Å². The number of rotatable bonds is 1. The first-order chi connectivity index (χ1) is 7.07. The third-order valence-corrected chi connectivity index (χ3v) is 2.77. The van der Waals surface area contributed by atoms with Crippen LogP contribution < -0.4 is 10.6 Å². The fourth-order valence-electron chi connectivity index (χ4n) is 2.00. The van der Waals surface area contributed by atoms with Crippen LogP contribution in [0.3, 0.4) is 0 Å². The summed E-state index contributed by atoms with van der Waals surface area (Å²) >= 11 is 0. The molecule has 0 amide bonds. The number of pyridine rings is 1. The van der Waals surface area contributed by atoms with Gasteiger partial charge in [-0.15, -0.1) is 0 Å². The number of anilines is 2. The van der Waals surface area contributed by atoms with Gasteiger partial charge in [0.25, 0.3) is 0 Å². The van der Waals surface area contributed by atoms with Crippen LogP contribution in [0.15, 0.2) is 18.3 Å². The molecule has 1 fully saturated rings. The van der Waals surface area contributed by atoms with E-state index in [2.05, 4.69) is 9.88 Å². The van der Waals surface area contributed by atoms with Crippen molar-refractivity contribution < 1.29 is 5.11 Å². The van der Waals surface area contributed by atoms with Gasteiger partial charge in [0.05, 0.1) is 17.5 Å². The maximum atomic E-state index is 9.97. The average molecular weight is 207 g/mol. The molecule has 1 unspecified atom stereocenters. The molecule has 0 aromatic carbocycles. The molecule has 1 atom stereocenters. The van der Waals surface area contributed by atoms with Gasteiger partial charge < -0.3 is 15.7 Å². The van der Waals surface area contributed by atoms with Crippen molar-refractivity contribution in [3.05, 3.63) is 18.3 Å². The summed E-state index contributed by atoms with van der Waals surface area (Å²) in [5, 5.41) is 9.97. The van der Waals surface area contributed by atoms with Gasteiger partial charge in [-0.3, -0.25) is 0 Å². The number of nitrogens with two attached hydrogens (primary N) is 1. The second-order valence-corrected chi connectivity index (χ2v) is 4.47. The van der Waals surface area contributed by atoms with Crippen molar-refractivity contribution in [1.29, 1.82) is 0 Å². The number of hydrogen-bond donors (Lipinski definition) is 2. The summed E-state index contributed by atoms with van der Waals surface area (Å²) in [5.41, 5.74) is 5.65. The Morgan fingerprint density at radius 2 is 2.33 bits per heavy atom. The number of aromatic nitrogens is 1. The first kappa shape index (κ1) is 10.2. The van der Waals surface area contributed by atoms with Gasteiger partial charge in [0.15, 0.2) is 0 Å². The minimum atomic E-state index is -0.596. The molecule has 1 aromatic rings. The van der Waals surface area contributed by atoms with E-state index in [4.69, 9.17) is 5.73 Å². The first-order valence-electron chi connectivity index (χ1n) is 5.26. The minimum absolute atomic E-state index is 0.596. The van der Waals surface area contributed by atoms with Crippen molar-refractivity contribution >= 4 is 11.5 Å². The predicted molar refractivity (Wildman–Crippen MR) is 60.7 cm³/mol. The topological polar surface area (TPSA) is 62.4 Å². The third-order valence-electron chi connectivity index (χ3n) is 2.77. The van der Waals surface area contributed by atoms with Crippen LogP contribution in [0.25, 0.3) is 0 Å². The molecular formula is C11H17N3O. The Labute approximate surface area is 89.7 Å². The number of nitrogens with zero attached hydrogens (tertiary/aromatic N) is 2. The molecule has 15 heavy (non-hydrogen) atoms. The van der Waals surface area contributed by atoms with Crippen LogP contribution in [0.5, 0.6) is 0 Å². The maximum Gasteiger partial charge on any atom is 0.128 e. The molecule has 0 aliphatic carbocycles. The molecule has 1 aliphatic heterocycles. The highest BCUT2D eigenvalue weighted by atomic mass is 16.3. The summed E-state index contributed by atoms with van der Waals surface area (Å²) in [6.07, 6.45) is 3.51. The van der Waals surface area contributed by atoms with E-state index in [0.717, 1.165) is 25.2 Å². The minimum Gasteiger partial charge on any atom is -0.397 e. The molecule has 2 heterocycles. The fraction of sp³-hybridized carbons (Fsp3) is 0.545. The van der Waals surface area contributed by atoms with Gasteiger partial charge in [-0.05, 0) is 31.9 Å². The van der Waals surface area contributed by atoms with Crippen molar-refractivity contribution in [2.75, 3.05) is 23.7 Å². The molecule has 0 radical (unpaired) electrons. The van der Waals surface area contributed by atoms with Crippen LogP contribution >= 0.6 is 0 Å². The Hall–Kier alpha value is -1.29. The summed E-state index contributed by atoms with van der Waals surface area (Å²) in [6, 6.07) is 3.74. The Balaban J connectivity index is 2.13. The predicted octanol–water partition coefficient (Wildman–Crippen LogP) is 1.02. The lowest BCUT2D eigenvalue weighted by atomic mass is 9.95. The van der Waals surface area contributed by atoms with E-state index in [0.29, 0.717) is 12.2 Å². The molecule has 0 saturated carbocycles. The highest BCUT2D eigenvalue weighted by molar-refractivity contribution is 5.46. The van der Waals surface area contributed by atoms with Crippen molar-refractivity contribution in [2.24, 2.45) is 0 Å². The molecule has 1 saturated heterocycles. The zero-order chi connectivity index (χ0) is 10.9. The summed E-state index contributed by atoms with van der Waals surface area (Å²) in [6.45, 7) is 3.47. The summed E-state index contributed by atoms with van der Waals surface area (Å²) in [4.78, 5) is 6.36. The Morgan fingerprint density at radius 1 is 1.53 bits per heavy atom. The number of hydrogen-bond acceptors (Lipinski definition) is 4. The molecule has 4 nitrogen and oxygen atoms in total. The molecule has 0 bridgehead atoms. The third kappa shape index (κ3) is 2.39. The van der Waals surface area contributed by atoms with E-state index in [9.17, 15) is 5.11 Å². The lowest BCUT2D eigenvalue weighted by Crippen LogP contribution is -2.46. The molecular weight excluding hydrogens is 190 g/mol. The second-order valence-electron chi connectivity index (χ2n) is 4.47. The molecule has 4 heteroatoms. The second kappa shape index (κ2) is 3.70. The molecule has 3 N–H and O–H groups in total. The van der Waals surface area contributed by atoms with Crippen molar-refractivity contribution in [1.82, 2.24) is 4.98 Å². The first-order valence-corrected chi connectivity index (χ1v) is 5.26. The summed E-state index contributed by atoms with van der Waals surface area (Å²) in [7, 11) is 0. The largest absolute Gasteiger partial charge is 0.397 e. The normalized spacial score (nSPS) is 26.7. The van der Waals surface area contributed by atoms with Crippen LogP contribution in [0.4, 0.5) is 11.5 Å². The SMILES string of the molecule is CC1(O)CCCN(c2ccc(N)cn2)C1. The van der Waals surface area contributed by atoms with Crippen LogP contribution in [0.2, 0.25) is 0 Å². The molecule has 82 valence electrons. The summed E-state index contributed by atoms with van der Waals surface area (Å²) < 4.78 is 0. The van der Waals surface area contributed by atoms with E-state index in [1.165, 1.54) is 0 Å².